The number of imidazole rings is 2. The molecule has 1 atom stereocenters. The predicted molar refractivity (Wildman–Crippen MR) is 99.7 cm³/mol. The maximum Gasteiger partial charge on any atom is 0.272 e. The largest absolute Gasteiger partial charge is 0.383 e. The maximum absolute atomic E-state index is 13.3. The van der Waals surface area contributed by atoms with E-state index >= 15 is 0 Å². The van der Waals surface area contributed by atoms with E-state index in [1.54, 1.807) is 17.7 Å². The summed E-state index contributed by atoms with van der Waals surface area (Å²) in [5, 5.41) is 0. The number of piperidine rings is 1. The molecule has 0 N–H and O–H groups in total. The smallest absolute Gasteiger partial charge is 0.272 e. The van der Waals surface area contributed by atoms with Gasteiger partial charge in [-0.1, -0.05) is 0 Å². The standard InChI is InChI=1S/C19H24N6O2/c1-14-16(25-9-4-6-21-19(25)22-14)18(26)24-8-3-5-15(13-24)17-20-7-10-23(17)11-12-27-2/h4,6-7,9-10,15H,3,5,8,11-13H2,1-2H3/t15-/m0/s1. The second-order valence-corrected chi connectivity index (χ2v) is 6.90. The van der Waals surface area contributed by atoms with E-state index in [0.717, 1.165) is 31.8 Å². The Morgan fingerprint density at radius 3 is 3.04 bits per heavy atom. The van der Waals surface area contributed by atoms with Gasteiger partial charge >= 0.3 is 0 Å². The molecular weight excluding hydrogens is 344 g/mol. The van der Waals surface area contributed by atoms with Crippen molar-refractivity contribution in [2.45, 2.75) is 32.2 Å². The number of likely N-dealkylation sites (tertiary alicyclic amines) is 1. The van der Waals surface area contributed by atoms with Gasteiger partial charge in [0.05, 0.1) is 12.3 Å². The van der Waals surface area contributed by atoms with Gasteiger partial charge in [0.1, 0.15) is 11.5 Å². The minimum Gasteiger partial charge on any atom is -0.383 e. The van der Waals surface area contributed by atoms with Crippen molar-refractivity contribution in [2.24, 2.45) is 0 Å². The van der Waals surface area contributed by atoms with Crippen molar-refractivity contribution in [3.63, 3.8) is 0 Å². The molecule has 4 rings (SSSR count). The van der Waals surface area contributed by atoms with Crippen LogP contribution >= 0.6 is 0 Å². The maximum atomic E-state index is 13.3. The Balaban J connectivity index is 1.57. The molecule has 3 aromatic rings. The van der Waals surface area contributed by atoms with E-state index in [4.69, 9.17) is 4.74 Å². The second kappa shape index (κ2) is 7.48. The molecule has 1 amide bonds. The van der Waals surface area contributed by atoms with Crippen molar-refractivity contribution < 1.29 is 9.53 Å². The number of carbonyl (C=O) groups excluding carboxylic acids is 1. The number of aryl methyl sites for hydroxylation is 1. The number of nitrogens with zero attached hydrogens (tertiary/aromatic N) is 6. The fourth-order valence-electron chi connectivity index (χ4n) is 3.84. The lowest BCUT2D eigenvalue weighted by Crippen LogP contribution is -2.40. The number of methoxy groups -OCH3 is 1. The van der Waals surface area contributed by atoms with Crippen molar-refractivity contribution >= 4 is 11.7 Å². The summed E-state index contributed by atoms with van der Waals surface area (Å²) >= 11 is 0. The highest BCUT2D eigenvalue weighted by atomic mass is 16.5. The van der Waals surface area contributed by atoms with Crippen molar-refractivity contribution in [1.82, 2.24) is 28.8 Å². The molecule has 0 aliphatic carbocycles. The van der Waals surface area contributed by atoms with E-state index < -0.39 is 0 Å². The Labute approximate surface area is 157 Å². The van der Waals surface area contributed by atoms with Crippen LogP contribution in [0.1, 0.15) is 40.8 Å². The molecule has 142 valence electrons. The highest BCUT2D eigenvalue weighted by molar-refractivity contribution is 5.94. The Kier molecular flexibility index (Phi) is 4.89. The molecule has 0 aromatic carbocycles. The van der Waals surface area contributed by atoms with Crippen LogP contribution in [0.5, 0.6) is 0 Å². The molecule has 4 heterocycles. The highest BCUT2D eigenvalue weighted by Gasteiger charge is 2.30. The van der Waals surface area contributed by atoms with Gasteiger partial charge in [-0.25, -0.2) is 15.0 Å². The summed E-state index contributed by atoms with van der Waals surface area (Å²) in [7, 11) is 1.70. The first-order valence-electron chi connectivity index (χ1n) is 9.28. The van der Waals surface area contributed by atoms with Crippen LogP contribution in [0.25, 0.3) is 5.78 Å². The van der Waals surface area contributed by atoms with Crippen LogP contribution in [0.15, 0.2) is 30.9 Å². The van der Waals surface area contributed by atoms with Gasteiger partial charge in [-0.3, -0.25) is 9.20 Å². The topological polar surface area (TPSA) is 77.5 Å². The summed E-state index contributed by atoms with van der Waals surface area (Å²) in [5.74, 6) is 1.82. The number of hydrogen-bond donors (Lipinski definition) is 0. The van der Waals surface area contributed by atoms with Crippen LogP contribution in [0, 0.1) is 6.92 Å². The molecule has 0 spiro atoms. The second-order valence-electron chi connectivity index (χ2n) is 6.90. The molecule has 1 saturated heterocycles. The first-order chi connectivity index (χ1) is 13.2. The number of amides is 1. The number of rotatable bonds is 5. The summed E-state index contributed by atoms with van der Waals surface area (Å²) < 4.78 is 9.10. The zero-order chi connectivity index (χ0) is 18.8. The summed E-state index contributed by atoms with van der Waals surface area (Å²) in [6.07, 6.45) is 9.33. The van der Waals surface area contributed by atoms with Gasteiger partial charge in [0, 0.05) is 57.4 Å². The average molecular weight is 368 g/mol. The molecule has 1 aliphatic heterocycles. The van der Waals surface area contributed by atoms with Crippen LogP contribution in [-0.4, -0.2) is 61.5 Å². The Morgan fingerprint density at radius 1 is 1.30 bits per heavy atom. The van der Waals surface area contributed by atoms with Gasteiger partial charge in [0.25, 0.3) is 5.91 Å². The van der Waals surface area contributed by atoms with Crippen LogP contribution in [0.4, 0.5) is 0 Å². The number of ether oxygens (including phenoxy) is 1. The van der Waals surface area contributed by atoms with E-state index in [-0.39, 0.29) is 11.8 Å². The molecule has 8 nitrogen and oxygen atoms in total. The van der Waals surface area contributed by atoms with Gasteiger partial charge in [-0.15, -0.1) is 0 Å². The molecule has 1 fully saturated rings. The molecular formula is C19H24N6O2. The molecule has 8 heteroatoms. The third-order valence-corrected chi connectivity index (χ3v) is 5.14. The van der Waals surface area contributed by atoms with Crippen molar-refractivity contribution in [1.29, 1.82) is 0 Å². The van der Waals surface area contributed by atoms with Crippen molar-refractivity contribution in [2.75, 3.05) is 26.8 Å². The first kappa shape index (κ1) is 17.7. The van der Waals surface area contributed by atoms with Crippen LogP contribution in [0.3, 0.4) is 0 Å². The Bertz CT molecular complexity index is 947. The zero-order valence-electron chi connectivity index (χ0n) is 15.7. The highest BCUT2D eigenvalue weighted by Crippen LogP contribution is 2.27. The van der Waals surface area contributed by atoms with E-state index in [1.807, 2.05) is 36.5 Å². The van der Waals surface area contributed by atoms with E-state index in [1.165, 1.54) is 0 Å². The van der Waals surface area contributed by atoms with E-state index in [0.29, 0.717) is 30.3 Å². The van der Waals surface area contributed by atoms with Gasteiger partial charge < -0.3 is 14.2 Å². The lowest BCUT2D eigenvalue weighted by Gasteiger charge is -2.32. The fraction of sp³-hybridized carbons (Fsp3) is 0.474. The normalized spacial score (nSPS) is 17.6. The molecule has 0 radical (unpaired) electrons. The summed E-state index contributed by atoms with van der Waals surface area (Å²) in [6, 6.07) is 1.82. The number of carbonyl (C=O) groups is 1. The minimum atomic E-state index is 0.00713. The lowest BCUT2D eigenvalue weighted by molar-refractivity contribution is 0.0694. The molecule has 0 saturated carbocycles. The lowest BCUT2D eigenvalue weighted by atomic mass is 9.96. The van der Waals surface area contributed by atoms with Crippen molar-refractivity contribution in [3.8, 4) is 0 Å². The van der Waals surface area contributed by atoms with E-state index in [9.17, 15) is 4.79 Å². The van der Waals surface area contributed by atoms with Crippen LogP contribution < -0.4 is 0 Å². The number of fused-ring (bicyclic) bond motifs is 1. The Hall–Kier alpha value is -2.74. The molecule has 0 bridgehead atoms. The van der Waals surface area contributed by atoms with Crippen molar-refractivity contribution in [3.05, 3.63) is 48.1 Å². The van der Waals surface area contributed by atoms with E-state index in [2.05, 4.69) is 19.5 Å². The van der Waals surface area contributed by atoms with Gasteiger partial charge in [-0.2, -0.15) is 0 Å². The minimum absolute atomic E-state index is 0.00713. The quantitative estimate of drug-likeness (QED) is 0.687. The number of hydrogen-bond acceptors (Lipinski definition) is 5. The molecule has 3 aromatic heterocycles. The summed E-state index contributed by atoms with van der Waals surface area (Å²) in [4.78, 5) is 28.4. The zero-order valence-corrected chi connectivity index (χ0v) is 15.7. The van der Waals surface area contributed by atoms with Crippen LogP contribution in [0.2, 0.25) is 0 Å². The fourth-order valence-corrected chi connectivity index (χ4v) is 3.84. The summed E-state index contributed by atoms with van der Waals surface area (Å²) in [6.45, 7) is 4.69. The van der Waals surface area contributed by atoms with Gasteiger partial charge in [0.2, 0.25) is 5.78 Å². The molecule has 27 heavy (non-hydrogen) atoms. The molecule has 1 aliphatic rings. The monoisotopic (exact) mass is 368 g/mol. The van der Waals surface area contributed by atoms with Gasteiger partial charge in [0.15, 0.2) is 0 Å². The van der Waals surface area contributed by atoms with Gasteiger partial charge in [-0.05, 0) is 25.8 Å². The summed E-state index contributed by atoms with van der Waals surface area (Å²) in [5.41, 5.74) is 1.31. The van der Waals surface area contributed by atoms with Crippen LogP contribution in [-0.2, 0) is 11.3 Å². The average Bonchev–Trinajstić information content (AvgIpc) is 3.29. The predicted octanol–water partition coefficient (Wildman–Crippen LogP) is 1.90. The first-order valence-corrected chi connectivity index (χ1v) is 9.28. The molecule has 0 unspecified atom stereocenters. The third kappa shape index (κ3) is 3.32. The third-order valence-electron chi connectivity index (χ3n) is 5.14. The number of aromatic nitrogens is 5. The SMILES string of the molecule is COCCn1ccnc1[C@H]1CCCN(C(=O)c2c(C)nc3ncccn23)C1. The Morgan fingerprint density at radius 2 is 2.19 bits per heavy atom.